The second-order valence-corrected chi connectivity index (χ2v) is 4.71. The van der Waals surface area contributed by atoms with Gasteiger partial charge in [-0.3, -0.25) is 4.79 Å². The molecule has 1 amide bonds. The predicted molar refractivity (Wildman–Crippen MR) is 91.8 cm³/mol. The number of para-hydroxylation sites is 1. The van der Waals surface area contributed by atoms with Gasteiger partial charge in [0, 0.05) is 14.1 Å². The summed E-state index contributed by atoms with van der Waals surface area (Å²) >= 11 is 0. The van der Waals surface area contributed by atoms with Crippen molar-refractivity contribution < 1.29 is 9.53 Å². The van der Waals surface area contributed by atoms with Crippen molar-refractivity contribution in [3.63, 3.8) is 0 Å². The summed E-state index contributed by atoms with van der Waals surface area (Å²) in [6, 6.07) is 9.68. The van der Waals surface area contributed by atoms with Crippen LogP contribution in [0.2, 0.25) is 0 Å². The maximum Gasteiger partial charge on any atom is 0.209 e. The number of ether oxygens (including phenoxy) is 1. The van der Waals surface area contributed by atoms with Crippen molar-refractivity contribution in [2.75, 3.05) is 21.2 Å². The minimum atomic E-state index is 0.750. The Bertz CT molecular complexity index is 284. The Morgan fingerprint density at radius 1 is 0.905 bits per heavy atom. The first-order valence-corrected chi connectivity index (χ1v) is 7.91. The monoisotopic (exact) mass is 295 g/mol. The number of amides is 1. The summed E-state index contributed by atoms with van der Waals surface area (Å²) in [4.78, 5) is 10.9. The highest BCUT2D eigenvalue weighted by atomic mass is 16.5. The maximum atomic E-state index is 9.43. The molecule has 1 aliphatic rings. The normalized spacial score (nSPS) is 12.0. The Kier molecular flexibility index (Phi) is 19.2. The van der Waals surface area contributed by atoms with Crippen molar-refractivity contribution in [3.8, 4) is 5.75 Å². The predicted octanol–water partition coefficient (Wildman–Crippen LogP) is 4.77. The summed E-state index contributed by atoms with van der Waals surface area (Å²) in [5.74, 6) is 0.910. The third-order valence-corrected chi connectivity index (χ3v) is 2.69. The van der Waals surface area contributed by atoms with Crippen LogP contribution in [0.5, 0.6) is 5.75 Å². The number of rotatable bonds is 2. The third kappa shape index (κ3) is 18.5. The largest absolute Gasteiger partial charge is 0.497 e. The maximum absolute atomic E-state index is 9.43. The summed E-state index contributed by atoms with van der Waals surface area (Å²) in [5, 5.41) is 0. The second-order valence-electron chi connectivity index (χ2n) is 4.71. The molecule has 0 unspecified atom stereocenters. The molecule has 122 valence electrons. The molecular formula is C18H33NO2. The number of carbonyl (C=O) groups excluding carboxylic acids is 1. The zero-order chi connectivity index (χ0) is 16.3. The van der Waals surface area contributed by atoms with Crippen molar-refractivity contribution in [2.45, 2.75) is 52.4 Å². The van der Waals surface area contributed by atoms with Crippen LogP contribution in [0.1, 0.15) is 52.4 Å². The van der Waals surface area contributed by atoms with E-state index in [1.165, 1.54) is 43.4 Å². The Morgan fingerprint density at radius 2 is 1.24 bits per heavy atom. The fourth-order valence-electron chi connectivity index (χ4n) is 1.62. The molecule has 0 spiro atoms. The van der Waals surface area contributed by atoms with Crippen molar-refractivity contribution in [1.29, 1.82) is 0 Å². The molecule has 21 heavy (non-hydrogen) atoms. The van der Waals surface area contributed by atoms with Gasteiger partial charge in [0.1, 0.15) is 5.75 Å². The number of hydrogen-bond acceptors (Lipinski definition) is 2. The number of hydrogen-bond donors (Lipinski definition) is 0. The summed E-state index contributed by atoms with van der Waals surface area (Å²) in [7, 11) is 5.04. The standard InChI is InChI=1S/C7H8O.C6H12.C3H7NO.C2H6/c1-8-7-5-3-2-4-6-7;1-2-4-6-5-3-1;1-4(2)3-5;1-2/h2-6H,1H3;1-6H2;3H,1-2H3;1-2H3. The van der Waals surface area contributed by atoms with Crippen LogP contribution in [0, 0.1) is 0 Å². The SMILES string of the molecule is C1CCCCC1.CC.CN(C)C=O.COc1ccccc1. The van der Waals surface area contributed by atoms with E-state index in [0.717, 1.165) is 12.2 Å². The quantitative estimate of drug-likeness (QED) is 0.736. The molecule has 0 bridgehead atoms. The Balaban J connectivity index is 0. The number of methoxy groups -OCH3 is 1. The highest BCUT2D eigenvalue weighted by Gasteiger charge is 1.95. The lowest BCUT2D eigenvalue weighted by atomic mass is 10.0. The molecule has 0 aromatic heterocycles. The van der Waals surface area contributed by atoms with Gasteiger partial charge in [0.15, 0.2) is 0 Å². The van der Waals surface area contributed by atoms with E-state index in [1.807, 2.05) is 44.2 Å². The molecule has 0 saturated heterocycles. The summed E-state index contributed by atoms with van der Waals surface area (Å²) in [6.07, 6.45) is 9.75. The first-order valence-electron chi connectivity index (χ1n) is 7.91. The zero-order valence-electron chi connectivity index (χ0n) is 14.5. The first-order chi connectivity index (χ1) is 10.2. The first kappa shape index (κ1) is 21.8. The van der Waals surface area contributed by atoms with E-state index in [2.05, 4.69) is 0 Å². The van der Waals surface area contributed by atoms with E-state index in [-0.39, 0.29) is 0 Å². The smallest absolute Gasteiger partial charge is 0.209 e. The molecule has 0 atom stereocenters. The number of benzene rings is 1. The molecule has 1 aromatic rings. The Hall–Kier alpha value is -1.51. The summed E-state index contributed by atoms with van der Waals surface area (Å²) < 4.78 is 4.91. The van der Waals surface area contributed by atoms with Crippen molar-refractivity contribution in [3.05, 3.63) is 30.3 Å². The number of nitrogens with zero attached hydrogens (tertiary/aromatic N) is 1. The Morgan fingerprint density at radius 3 is 1.43 bits per heavy atom. The molecule has 1 fully saturated rings. The van der Waals surface area contributed by atoms with E-state index >= 15 is 0 Å². The van der Waals surface area contributed by atoms with E-state index < -0.39 is 0 Å². The number of carbonyl (C=O) groups is 1. The third-order valence-electron chi connectivity index (χ3n) is 2.69. The van der Waals surface area contributed by atoms with Crippen LogP contribution in [0.15, 0.2) is 30.3 Å². The zero-order valence-corrected chi connectivity index (χ0v) is 14.5. The fourth-order valence-corrected chi connectivity index (χ4v) is 1.62. The van der Waals surface area contributed by atoms with E-state index in [4.69, 9.17) is 4.74 Å². The van der Waals surface area contributed by atoms with E-state index in [1.54, 1.807) is 21.2 Å². The van der Waals surface area contributed by atoms with Crippen molar-refractivity contribution >= 4 is 6.41 Å². The van der Waals surface area contributed by atoms with Gasteiger partial charge in [-0.2, -0.15) is 0 Å². The van der Waals surface area contributed by atoms with Gasteiger partial charge in [-0.1, -0.05) is 70.6 Å². The van der Waals surface area contributed by atoms with Crippen LogP contribution in [0.25, 0.3) is 0 Å². The van der Waals surface area contributed by atoms with Crippen LogP contribution >= 0.6 is 0 Å². The van der Waals surface area contributed by atoms with Crippen molar-refractivity contribution in [1.82, 2.24) is 4.90 Å². The molecule has 1 aliphatic carbocycles. The van der Waals surface area contributed by atoms with Gasteiger partial charge >= 0.3 is 0 Å². The summed E-state index contributed by atoms with van der Waals surface area (Å²) in [6.45, 7) is 4.00. The molecule has 3 heteroatoms. The fraction of sp³-hybridized carbons (Fsp3) is 0.611. The minimum Gasteiger partial charge on any atom is -0.497 e. The molecule has 0 N–H and O–H groups in total. The minimum absolute atomic E-state index is 0.750. The van der Waals surface area contributed by atoms with Crippen LogP contribution in [-0.2, 0) is 4.79 Å². The highest BCUT2D eigenvalue weighted by molar-refractivity contribution is 5.45. The van der Waals surface area contributed by atoms with Gasteiger partial charge in [0.05, 0.1) is 7.11 Å². The van der Waals surface area contributed by atoms with Gasteiger partial charge in [-0.15, -0.1) is 0 Å². The van der Waals surface area contributed by atoms with Crippen LogP contribution in [0.3, 0.4) is 0 Å². The lowest BCUT2D eigenvalue weighted by Crippen LogP contribution is -2.06. The highest BCUT2D eigenvalue weighted by Crippen LogP contribution is 2.15. The van der Waals surface area contributed by atoms with Gasteiger partial charge in [0.2, 0.25) is 6.41 Å². The van der Waals surface area contributed by atoms with Crippen LogP contribution in [-0.4, -0.2) is 32.5 Å². The van der Waals surface area contributed by atoms with E-state index in [0.29, 0.717) is 0 Å². The second kappa shape index (κ2) is 18.5. The molecule has 0 radical (unpaired) electrons. The molecule has 0 heterocycles. The molecular weight excluding hydrogens is 262 g/mol. The lowest BCUT2D eigenvalue weighted by Gasteiger charge is -2.05. The van der Waals surface area contributed by atoms with Gasteiger partial charge in [-0.25, -0.2) is 0 Å². The average molecular weight is 295 g/mol. The van der Waals surface area contributed by atoms with E-state index in [9.17, 15) is 4.79 Å². The van der Waals surface area contributed by atoms with Gasteiger partial charge in [0.25, 0.3) is 0 Å². The summed E-state index contributed by atoms with van der Waals surface area (Å²) in [5.41, 5.74) is 0. The van der Waals surface area contributed by atoms with Crippen LogP contribution in [0.4, 0.5) is 0 Å². The van der Waals surface area contributed by atoms with Gasteiger partial charge in [-0.05, 0) is 12.1 Å². The van der Waals surface area contributed by atoms with Gasteiger partial charge < -0.3 is 9.64 Å². The average Bonchev–Trinajstić information content (AvgIpc) is 2.60. The Labute approximate surface area is 131 Å². The lowest BCUT2D eigenvalue weighted by molar-refractivity contribution is -0.115. The van der Waals surface area contributed by atoms with Crippen LogP contribution < -0.4 is 4.74 Å². The molecule has 1 saturated carbocycles. The molecule has 0 aliphatic heterocycles. The van der Waals surface area contributed by atoms with Crippen molar-refractivity contribution in [2.24, 2.45) is 0 Å². The molecule has 2 rings (SSSR count). The molecule has 1 aromatic carbocycles. The molecule has 3 nitrogen and oxygen atoms in total. The topological polar surface area (TPSA) is 29.5 Å².